The molecule has 1 aliphatic rings. The Kier molecular flexibility index (Phi) is 5.82. The van der Waals surface area contributed by atoms with Gasteiger partial charge >= 0.3 is 6.09 Å². The Hall–Kier alpha value is -3.66. The van der Waals surface area contributed by atoms with Gasteiger partial charge in [0.25, 0.3) is 0 Å². The van der Waals surface area contributed by atoms with Gasteiger partial charge in [0, 0.05) is 29.9 Å². The molecule has 2 atom stereocenters. The number of benzene rings is 1. The van der Waals surface area contributed by atoms with Crippen LogP contribution in [0.5, 0.6) is 0 Å². The van der Waals surface area contributed by atoms with E-state index in [4.69, 9.17) is 5.11 Å². The van der Waals surface area contributed by atoms with Gasteiger partial charge < -0.3 is 20.3 Å². The third-order valence-electron chi connectivity index (χ3n) is 6.24. The Morgan fingerprint density at radius 3 is 2.71 bits per heavy atom. The first-order valence-electron chi connectivity index (χ1n) is 11.3. The van der Waals surface area contributed by atoms with Crippen LogP contribution >= 0.6 is 11.3 Å². The molecule has 9 nitrogen and oxygen atoms in total. The van der Waals surface area contributed by atoms with E-state index in [0.29, 0.717) is 6.54 Å². The van der Waals surface area contributed by atoms with Crippen LogP contribution in [0, 0.1) is 5.92 Å². The zero-order chi connectivity index (χ0) is 23.8. The minimum atomic E-state index is -1.19. The average molecular weight is 479 g/mol. The Balaban J connectivity index is 1.34. The van der Waals surface area contributed by atoms with Gasteiger partial charge in [-0.2, -0.15) is 0 Å². The molecule has 0 aliphatic carbocycles. The monoisotopic (exact) mass is 478 g/mol. The van der Waals surface area contributed by atoms with E-state index in [1.807, 2.05) is 60.3 Å². The fourth-order valence-corrected chi connectivity index (χ4v) is 5.18. The molecule has 1 unspecified atom stereocenters. The van der Waals surface area contributed by atoms with Gasteiger partial charge in [0.1, 0.15) is 11.9 Å². The number of H-pyrrole nitrogens is 1. The van der Waals surface area contributed by atoms with Crippen molar-refractivity contribution in [3.8, 4) is 22.5 Å². The Morgan fingerprint density at radius 1 is 1.24 bits per heavy atom. The predicted molar refractivity (Wildman–Crippen MR) is 130 cm³/mol. The van der Waals surface area contributed by atoms with Crippen LogP contribution in [-0.4, -0.2) is 53.9 Å². The zero-order valence-electron chi connectivity index (χ0n) is 18.9. The van der Waals surface area contributed by atoms with Crippen molar-refractivity contribution in [3.05, 3.63) is 54.1 Å². The molecule has 0 bridgehead atoms. The van der Waals surface area contributed by atoms with Crippen molar-refractivity contribution in [3.63, 3.8) is 0 Å². The van der Waals surface area contributed by atoms with Gasteiger partial charge in [0.05, 0.1) is 23.6 Å². The van der Waals surface area contributed by atoms with Crippen molar-refractivity contribution < 1.29 is 14.7 Å². The van der Waals surface area contributed by atoms with Crippen LogP contribution in [0.3, 0.4) is 0 Å². The Labute approximate surface area is 200 Å². The molecule has 4 heterocycles. The van der Waals surface area contributed by atoms with E-state index >= 15 is 0 Å². The summed E-state index contributed by atoms with van der Waals surface area (Å²) in [5.41, 5.74) is 3.83. The summed E-state index contributed by atoms with van der Waals surface area (Å²) in [6.07, 6.45) is 6.24. The Morgan fingerprint density at radius 2 is 2.00 bits per heavy atom. The molecule has 0 spiro atoms. The largest absolute Gasteiger partial charge is 0.465 e. The molecule has 1 fully saturated rings. The fourth-order valence-electron chi connectivity index (χ4n) is 4.48. The summed E-state index contributed by atoms with van der Waals surface area (Å²) in [7, 11) is 0. The van der Waals surface area contributed by atoms with Crippen molar-refractivity contribution in [1.82, 2.24) is 29.6 Å². The van der Waals surface area contributed by atoms with Gasteiger partial charge in [-0.1, -0.05) is 38.1 Å². The molecule has 3 aromatic heterocycles. The quantitative estimate of drug-likeness (QED) is 0.380. The first kappa shape index (κ1) is 22.1. The lowest BCUT2D eigenvalue weighted by molar-refractivity contribution is -0.135. The van der Waals surface area contributed by atoms with E-state index in [2.05, 4.69) is 20.3 Å². The van der Waals surface area contributed by atoms with Gasteiger partial charge in [-0.25, -0.2) is 14.8 Å². The number of carbonyl (C=O) groups excluding carboxylic acids is 1. The van der Waals surface area contributed by atoms with E-state index in [1.165, 1.54) is 0 Å². The number of imidazole rings is 2. The van der Waals surface area contributed by atoms with Crippen molar-refractivity contribution in [1.29, 1.82) is 0 Å². The average Bonchev–Trinajstić information content (AvgIpc) is 3.59. The summed E-state index contributed by atoms with van der Waals surface area (Å²) in [5, 5.41) is 13.5. The number of amides is 2. The van der Waals surface area contributed by atoms with E-state index in [1.54, 1.807) is 22.4 Å². The lowest BCUT2D eigenvalue weighted by Gasteiger charge is -2.29. The van der Waals surface area contributed by atoms with Gasteiger partial charge in [0.15, 0.2) is 4.96 Å². The number of carboxylic acid groups (broad SMARTS) is 1. The standard InChI is InChI=1S/C24H26N6O3S/c1-14(2)20(28-24(32)33)22(31)30-9-3-4-19(30)21-25-12-17(26-21)15-5-7-16(8-6-15)18-13-29-10-11-34-23(29)27-18/h5-8,10-14,19-20,28H,3-4,9H2,1-2H3,(H,25,26)(H,32,33)/t19?,20-/m0/s1. The molecular formula is C24H26N6O3S. The zero-order valence-corrected chi connectivity index (χ0v) is 19.7. The molecule has 5 rings (SSSR count). The van der Waals surface area contributed by atoms with Crippen LogP contribution < -0.4 is 5.32 Å². The molecule has 3 N–H and O–H groups in total. The SMILES string of the molecule is CC(C)[C@H](NC(=O)O)C(=O)N1CCCC1c1ncc(-c2ccc(-c3cn4ccsc4n3)cc2)[nH]1. The van der Waals surface area contributed by atoms with Crippen LogP contribution in [0.4, 0.5) is 4.79 Å². The second kappa shape index (κ2) is 8.94. The van der Waals surface area contributed by atoms with E-state index in [9.17, 15) is 9.59 Å². The number of aromatic nitrogens is 4. The molecule has 0 radical (unpaired) electrons. The number of rotatable bonds is 6. The number of hydrogen-bond acceptors (Lipinski definition) is 5. The van der Waals surface area contributed by atoms with Crippen LogP contribution in [0.25, 0.3) is 27.5 Å². The molecule has 176 valence electrons. The van der Waals surface area contributed by atoms with Crippen molar-refractivity contribution in [2.45, 2.75) is 38.8 Å². The molecule has 2 amide bonds. The van der Waals surface area contributed by atoms with E-state index in [-0.39, 0.29) is 17.9 Å². The summed E-state index contributed by atoms with van der Waals surface area (Å²) in [6, 6.07) is 7.16. The fraction of sp³-hybridized carbons (Fsp3) is 0.333. The van der Waals surface area contributed by atoms with Crippen LogP contribution in [-0.2, 0) is 4.79 Å². The minimum absolute atomic E-state index is 0.151. The second-order valence-corrected chi connectivity index (χ2v) is 9.71. The predicted octanol–water partition coefficient (Wildman–Crippen LogP) is 4.41. The summed E-state index contributed by atoms with van der Waals surface area (Å²) < 4.78 is 2.01. The van der Waals surface area contributed by atoms with Crippen LogP contribution in [0.2, 0.25) is 0 Å². The number of carbonyl (C=O) groups is 2. The molecule has 4 aromatic rings. The van der Waals surface area contributed by atoms with Crippen LogP contribution in [0.15, 0.2) is 48.2 Å². The summed E-state index contributed by atoms with van der Waals surface area (Å²) >= 11 is 1.60. The van der Waals surface area contributed by atoms with Crippen molar-refractivity contribution in [2.75, 3.05) is 6.54 Å². The number of likely N-dealkylation sites (tertiary alicyclic amines) is 1. The summed E-state index contributed by atoms with van der Waals surface area (Å²) in [4.78, 5) is 39.7. The number of fused-ring (bicyclic) bond motifs is 1. The second-order valence-electron chi connectivity index (χ2n) is 8.84. The molecule has 1 aromatic carbocycles. The lowest BCUT2D eigenvalue weighted by Crippen LogP contribution is -2.50. The molecule has 34 heavy (non-hydrogen) atoms. The number of thiazole rings is 1. The number of aromatic amines is 1. The van der Waals surface area contributed by atoms with Gasteiger partial charge in [-0.15, -0.1) is 11.3 Å². The molecule has 1 saturated heterocycles. The smallest absolute Gasteiger partial charge is 0.405 e. The third kappa shape index (κ3) is 4.16. The highest BCUT2D eigenvalue weighted by atomic mass is 32.1. The molecule has 10 heteroatoms. The number of nitrogens with one attached hydrogen (secondary N) is 2. The topological polar surface area (TPSA) is 116 Å². The maximum atomic E-state index is 13.2. The van der Waals surface area contributed by atoms with E-state index < -0.39 is 12.1 Å². The maximum Gasteiger partial charge on any atom is 0.405 e. The summed E-state index contributed by atoms with van der Waals surface area (Å²) in [6.45, 7) is 4.26. The molecule has 1 aliphatic heterocycles. The van der Waals surface area contributed by atoms with E-state index in [0.717, 1.165) is 46.1 Å². The highest BCUT2D eigenvalue weighted by molar-refractivity contribution is 7.15. The molecular weight excluding hydrogens is 452 g/mol. The Bertz CT molecular complexity index is 1290. The summed E-state index contributed by atoms with van der Waals surface area (Å²) in [5.74, 6) is 0.362. The third-order valence-corrected chi connectivity index (χ3v) is 7.01. The van der Waals surface area contributed by atoms with Gasteiger partial charge in [0.2, 0.25) is 5.91 Å². The first-order chi connectivity index (χ1) is 16.4. The normalized spacial score (nSPS) is 16.9. The highest BCUT2D eigenvalue weighted by Gasteiger charge is 2.37. The van der Waals surface area contributed by atoms with Crippen molar-refractivity contribution >= 4 is 28.3 Å². The minimum Gasteiger partial charge on any atom is -0.465 e. The number of nitrogens with zero attached hydrogens (tertiary/aromatic N) is 4. The van der Waals surface area contributed by atoms with Crippen molar-refractivity contribution in [2.24, 2.45) is 5.92 Å². The highest BCUT2D eigenvalue weighted by Crippen LogP contribution is 2.33. The first-order valence-corrected chi connectivity index (χ1v) is 12.2. The lowest BCUT2D eigenvalue weighted by atomic mass is 10.0. The maximum absolute atomic E-state index is 13.2. The number of hydrogen-bond donors (Lipinski definition) is 3. The van der Waals surface area contributed by atoms with Gasteiger partial charge in [-0.05, 0) is 24.3 Å². The van der Waals surface area contributed by atoms with Crippen LogP contribution in [0.1, 0.15) is 38.6 Å². The molecule has 0 saturated carbocycles. The van der Waals surface area contributed by atoms with Gasteiger partial charge in [-0.3, -0.25) is 9.20 Å².